The largest absolute Gasteiger partial charge is 0.528 e. The van der Waals surface area contributed by atoms with E-state index in [1.54, 1.807) is 5.06 Å². The van der Waals surface area contributed by atoms with E-state index in [0.717, 1.165) is 17.5 Å². The molecular weight excluding hydrogens is 330 g/mol. The molecule has 24 heavy (non-hydrogen) atoms. The van der Waals surface area contributed by atoms with Gasteiger partial charge in [0.25, 0.3) is 0 Å². The fourth-order valence-electron chi connectivity index (χ4n) is 2.59. The van der Waals surface area contributed by atoms with Crippen LogP contribution in [0.25, 0.3) is 0 Å². The Morgan fingerprint density at radius 2 is 1.96 bits per heavy atom. The average molecular weight is 348 g/mol. The van der Waals surface area contributed by atoms with Crippen LogP contribution in [-0.4, -0.2) is 23.8 Å². The summed E-state index contributed by atoms with van der Waals surface area (Å²) in [6.45, 7) is 1.32. The van der Waals surface area contributed by atoms with Gasteiger partial charge in [-0.15, -0.1) is 5.06 Å². The molecule has 0 aromatic heterocycles. The number of carbonyl (C=O) groups excluding carboxylic acids is 1. The summed E-state index contributed by atoms with van der Waals surface area (Å²) in [5, 5.41) is 1.60. The second-order valence-corrected chi connectivity index (χ2v) is 5.63. The van der Waals surface area contributed by atoms with E-state index in [4.69, 9.17) is 25.9 Å². The molecule has 126 valence electrons. The number of alkyl halides is 1. The Morgan fingerprint density at radius 3 is 2.75 bits per heavy atom. The van der Waals surface area contributed by atoms with Crippen LogP contribution in [0.15, 0.2) is 48.5 Å². The minimum Gasteiger partial charge on any atom is -0.478 e. The Balaban J connectivity index is 1.53. The van der Waals surface area contributed by atoms with Gasteiger partial charge in [-0.25, -0.2) is 4.79 Å². The van der Waals surface area contributed by atoms with E-state index < -0.39 is 6.16 Å². The lowest BCUT2D eigenvalue weighted by Gasteiger charge is -2.27. The van der Waals surface area contributed by atoms with Crippen LogP contribution in [0.5, 0.6) is 5.75 Å². The molecule has 1 aliphatic heterocycles. The van der Waals surface area contributed by atoms with Gasteiger partial charge in [0.2, 0.25) is 0 Å². The zero-order chi connectivity index (χ0) is 16.8. The van der Waals surface area contributed by atoms with Crippen LogP contribution in [0.2, 0.25) is 0 Å². The standard InChI is InChI=1S/C18H18ClNO4/c19-13-23-17-7-6-15-8-9-20(11-16(15)10-17)24-18(21)22-12-14-4-2-1-3-5-14/h1-7,10H,8-9,11-13H2. The number of rotatable bonds is 5. The first kappa shape index (κ1) is 16.6. The van der Waals surface area contributed by atoms with Crippen LogP contribution in [-0.2, 0) is 29.1 Å². The van der Waals surface area contributed by atoms with Crippen molar-refractivity contribution < 1.29 is 19.1 Å². The zero-order valence-electron chi connectivity index (χ0n) is 13.1. The van der Waals surface area contributed by atoms with Gasteiger partial charge in [0.05, 0.1) is 6.54 Å². The molecule has 0 atom stereocenters. The first-order valence-electron chi connectivity index (χ1n) is 7.69. The van der Waals surface area contributed by atoms with Crippen LogP contribution < -0.4 is 4.74 Å². The summed E-state index contributed by atoms with van der Waals surface area (Å²) in [6.07, 6.45) is 0.0955. The van der Waals surface area contributed by atoms with Crippen LogP contribution in [0.4, 0.5) is 4.79 Å². The molecule has 6 heteroatoms. The highest BCUT2D eigenvalue weighted by atomic mass is 35.5. The summed E-state index contributed by atoms with van der Waals surface area (Å²) >= 11 is 5.58. The van der Waals surface area contributed by atoms with Gasteiger partial charge in [-0.2, -0.15) is 0 Å². The highest BCUT2D eigenvalue weighted by molar-refractivity contribution is 6.17. The van der Waals surface area contributed by atoms with Crippen molar-refractivity contribution in [2.24, 2.45) is 0 Å². The second-order valence-electron chi connectivity index (χ2n) is 5.41. The lowest BCUT2D eigenvalue weighted by atomic mass is 10.0. The molecule has 0 spiro atoms. The van der Waals surface area contributed by atoms with Gasteiger partial charge in [0, 0.05) is 6.54 Å². The lowest BCUT2D eigenvalue weighted by Crippen LogP contribution is -2.33. The molecule has 0 N–H and O–H groups in total. The third kappa shape index (κ3) is 4.40. The van der Waals surface area contributed by atoms with Gasteiger partial charge in [-0.3, -0.25) is 0 Å². The number of ether oxygens (including phenoxy) is 2. The van der Waals surface area contributed by atoms with E-state index in [2.05, 4.69) is 0 Å². The van der Waals surface area contributed by atoms with Crippen molar-refractivity contribution in [3.63, 3.8) is 0 Å². The number of carbonyl (C=O) groups is 1. The fraction of sp³-hybridized carbons (Fsp3) is 0.278. The summed E-state index contributed by atoms with van der Waals surface area (Å²) < 4.78 is 10.4. The number of halogens is 1. The van der Waals surface area contributed by atoms with Gasteiger partial charge >= 0.3 is 6.16 Å². The molecule has 0 radical (unpaired) electrons. The monoisotopic (exact) mass is 347 g/mol. The highest BCUT2D eigenvalue weighted by Crippen LogP contribution is 2.24. The minimum atomic E-state index is -0.699. The van der Waals surface area contributed by atoms with Gasteiger partial charge < -0.3 is 14.3 Å². The fourth-order valence-corrected chi connectivity index (χ4v) is 2.71. The van der Waals surface area contributed by atoms with Crippen molar-refractivity contribution >= 4 is 17.8 Å². The maximum atomic E-state index is 11.8. The minimum absolute atomic E-state index is 0.102. The predicted octanol–water partition coefficient (Wildman–Crippen LogP) is 3.89. The summed E-state index contributed by atoms with van der Waals surface area (Å²) in [4.78, 5) is 17.1. The molecule has 5 nitrogen and oxygen atoms in total. The van der Waals surface area contributed by atoms with Crippen molar-refractivity contribution in [2.45, 2.75) is 19.6 Å². The molecular formula is C18H18ClNO4. The molecule has 0 bridgehead atoms. The van der Waals surface area contributed by atoms with E-state index in [0.29, 0.717) is 18.8 Å². The molecule has 0 saturated heterocycles. The third-order valence-electron chi connectivity index (χ3n) is 3.78. The van der Waals surface area contributed by atoms with E-state index in [-0.39, 0.29) is 12.7 Å². The number of nitrogens with zero attached hydrogens (tertiary/aromatic N) is 1. The van der Waals surface area contributed by atoms with Crippen LogP contribution in [0, 0.1) is 0 Å². The van der Waals surface area contributed by atoms with Crippen LogP contribution in [0.3, 0.4) is 0 Å². The Morgan fingerprint density at radius 1 is 1.12 bits per heavy atom. The van der Waals surface area contributed by atoms with Gasteiger partial charge in [-0.1, -0.05) is 48.0 Å². The Kier molecular flexibility index (Phi) is 5.56. The molecule has 2 aromatic rings. The highest BCUT2D eigenvalue weighted by Gasteiger charge is 2.21. The molecule has 1 heterocycles. The molecule has 1 aliphatic rings. The average Bonchev–Trinajstić information content (AvgIpc) is 2.61. The second kappa shape index (κ2) is 8.04. The predicted molar refractivity (Wildman–Crippen MR) is 89.6 cm³/mol. The summed E-state index contributed by atoms with van der Waals surface area (Å²) in [5.41, 5.74) is 3.19. The van der Waals surface area contributed by atoms with Crippen molar-refractivity contribution in [1.82, 2.24) is 5.06 Å². The molecule has 2 aromatic carbocycles. The number of fused-ring (bicyclic) bond motifs is 1. The number of hydrogen-bond acceptors (Lipinski definition) is 5. The third-order valence-corrected chi connectivity index (χ3v) is 3.89. The number of benzene rings is 2. The number of hydrogen-bond donors (Lipinski definition) is 0. The van der Waals surface area contributed by atoms with Gasteiger partial charge in [-0.05, 0) is 35.2 Å². The Bertz CT molecular complexity index is 693. The quantitative estimate of drug-likeness (QED) is 0.606. The summed E-state index contributed by atoms with van der Waals surface area (Å²) in [7, 11) is 0. The molecule has 0 fully saturated rings. The van der Waals surface area contributed by atoms with Gasteiger partial charge in [0.15, 0.2) is 6.07 Å². The SMILES string of the molecule is O=C(OCc1ccccc1)ON1CCc2ccc(OCCl)cc2C1. The first-order chi connectivity index (χ1) is 11.7. The molecule has 0 amide bonds. The zero-order valence-corrected chi connectivity index (χ0v) is 13.9. The smallest absolute Gasteiger partial charge is 0.478 e. The van der Waals surface area contributed by atoms with E-state index >= 15 is 0 Å². The van der Waals surface area contributed by atoms with Crippen LogP contribution in [0.1, 0.15) is 16.7 Å². The normalized spacial score (nSPS) is 13.9. The maximum Gasteiger partial charge on any atom is 0.528 e. The summed E-state index contributed by atoms with van der Waals surface area (Å²) in [6, 6.07) is 15.4. The van der Waals surface area contributed by atoms with Crippen LogP contribution >= 0.6 is 11.6 Å². The lowest BCUT2D eigenvalue weighted by molar-refractivity contribution is -0.139. The molecule has 0 aliphatic carbocycles. The first-order valence-corrected chi connectivity index (χ1v) is 8.22. The van der Waals surface area contributed by atoms with Crippen molar-refractivity contribution in [3.8, 4) is 5.75 Å². The Labute approximate surface area is 145 Å². The van der Waals surface area contributed by atoms with Gasteiger partial charge in [0.1, 0.15) is 12.4 Å². The molecule has 0 unspecified atom stereocenters. The molecule has 3 rings (SSSR count). The Hall–Kier alpha value is -2.24. The van der Waals surface area contributed by atoms with Crippen molar-refractivity contribution in [3.05, 3.63) is 65.2 Å². The van der Waals surface area contributed by atoms with E-state index in [9.17, 15) is 4.79 Å². The number of hydroxylamine groups is 2. The van der Waals surface area contributed by atoms with E-state index in [1.807, 2.05) is 48.5 Å². The summed E-state index contributed by atoms with van der Waals surface area (Å²) in [5.74, 6) is 0.706. The topological polar surface area (TPSA) is 48.0 Å². The maximum absolute atomic E-state index is 11.8. The molecule has 0 saturated carbocycles. The van der Waals surface area contributed by atoms with Crippen molar-refractivity contribution in [1.29, 1.82) is 0 Å². The van der Waals surface area contributed by atoms with Crippen molar-refractivity contribution in [2.75, 3.05) is 12.6 Å². The van der Waals surface area contributed by atoms with E-state index in [1.165, 1.54) is 5.56 Å².